The average Bonchev–Trinajstić information content (AvgIpc) is 2.35. The van der Waals surface area contributed by atoms with Crippen molar-refractivity contribution in [3.8, 4) is 0 Å². The first-order valence-corrected chi connectivity index (χ1v) is 5.23. The Balaban J connectivity index is 2.41. The molecule has 0 bridgehead atoms. The van der Waals surface area contributed by atoms with Gasteiger partial charge in [-0.25, -0.2) is 24.0 Å². The summed E-state index contributed by atoms with van der Waals surface area (Å²) in [4.78, 5) is 7.73. The van der Waals surface area contributed by atoms with Crippen molar-refractivity contribution in [2.75, 3.05) is 10.7 Å². The maximum Gasteiger partial charge on any atom is 0.239 e. The summed E-state index contributed by atoms with van der Waals surface area (Å²) in [6.07, 6.45) is 1.42. The predicted octanol–water partition coefficient (Wildman–Crippen LogP) is 2.23. The molecule has 0 aliphatic heterocycles. The third-order valence-electron chi connectivity index (χ3n) is 2.35. The van der Waals surface area contributed by atoms with Gasteiger partial charge in [0.25, 0.3) is 0 Å². The Morgan fingerprint density at radius 1 is 1.16 bits per heavy atom. The lowest BCUT2D eigenvalue weighted by molar-refractivity contribution is 0.548. The quantitative estimate of drug-likeness (QED) is 0.588. The van der Waals surface area contributed by atoms with Crippen molar-refractivity contribution in [3.05, 3.63) is 41.3 Å². The van der Waals surface area contributed by atoms with Gasteiger partial charge in [-0.1, -0.05) is 0 Å². The molecule has 2 aromatic rings. The third-order valence-corrected chi connectivity index (χ3v) is 2.35. The number of benzene rings is 1. The number of hydrogen-bond donors (Lipinski definition) is 3. The fourth-order valence-corrected chi connectivity index (χ4v) is 1.42. The molecule has 0 saturated heterocycles. The standard InChI is InChI=1S/C11H10F3N5/c1-5-4-16-11(19-15)18-10(5)17-9-7(13)2-6(12)3-8(9)14/h2-4H,15H2,1H3,(H2,16,17,18,19). The van der Waals surface area contributed by atoms with Crippen molar-refractivity contribution in [1.29, 1.82) is 0 Å². The highest BCUT2D eigenvalue weighted by atomic mass is 19.1. The summed E-state index contributed by atoms with van der Waals surface area (Å²) in [5.41, 5.74) is 2.26. The molecule has 8 heteroatoms. The molecule has 1 heterocycles. The van der Waals surface area contributed by atoms with E-state index in [4.69, 9.17) is 5.84 Å². The number of rotatable bonds is 3. The highest BCUT2D eigenvalue weighted by Gasteiger charge is 2.13. The Bertz CT molecular complexity index is 594. The van der Waals surface area contributed by atoms with Gasteiger partial charge in [-0.3, -0.25) is 5.43 Å². The summed E-state index contributed by atoms with van der Waals surface area (Å²) in [5.74, 6) is 2.27. The number of aryl methyl sites for hydroxylation is 1. The van der Waals surface area contributed by atoms with Gasteiger partial charge < -0.3 is 5.32 Å². The van der Waals surface area contributed by atoms with Crippen LogP contribution in [0.4, 0.5) is 30.6 Å². The number of nitrogen functional groups attached to an aromatic ring is 1. The molecule has 0 radical (unpaired) electrons. The minimum Gasteiger partial charge on any atom is -0.335 e. The fourth-order valence-electron chi connectivity index (χ4n) is 1.42. The molecule has 0 atom stereocenters. The Hall–Kier alpha value is -2.35. The predicted molar refractivity (Wildman–Crippen MR) is 64.2 cm³/mol. The van der Waals surface area contributed by atoms with E-state index >= 15 is 0 Å². The minimum atomic E-state index is -1.06. The Labute approximate surface area is 106 Å². The number of hydrazine groups is 1. The van der Waals surface area contributed by atoms with E-state index in [9.17, 15) is 13.2 Å². The molecule has 2 rings (SSSR count). The lowest BCUT2D eigenvalue weighted by Crippen LogP contribution is -2.12. The van der Waals surface area contributed by atoms with Gasteiger partial charge in [-0.15, -0.1) is 0 Å². The second kappa shape index (κ2) is 5.11. The molecule has 0 fully saturated rings. The second-order valence-corrected chi connectivity index (χ2v) is 3.74. The zero-order chi connectivity index (χ0) is 14.0. The first-order valence-electron chi connectivity index (χ1n) is 5.23. The first kappa shape index (κ1) is 13.1. The molecule has 0 spiro atoms. The summed E-state index contributed by atoms with van der Waals surface area (Å²) in [5, 5.41) is 2.45. The van der Waals surface area contributed by atoms with Crippen LogP contribution in [0.25, 0.3) is 0 Å². The van der Waals surface area contributed by atoms with E-state index in [2.05, 4.69) is 20.7 Å². The zero-order valence-electron chi connectivity index (χ0n) is 9.84. The van der Waals surface area contributed by atoms with Crippen molar-refractivity contribution < 1.29 is 13.2 Å². The number of anilines is 3. The number of hydrogen-bond acceptors (Lipinski definition) is 5. The highest BCUT2D eigenvalue weighted by Crippen LogP contribution is 2.25. The lowest BCUT2D eigenvalue weighted by atomic mass is 10.2. The van der Waals surface area contributed by atoms with Gasteiger partial charge in [-0.2, -0.15) is 4.98 Å². The van der Waals surface area contributed by atoms with Gasteiger partial charge in [0.1, 0.15) is 17.3 Å². The third kappa shape index (κ3) is 2.74. The number of nitrogens with one attached hydrogen (secondary N) is 2. The van der Waals surface area contributed by atoms with Crippen LogP contribution in [0.15, 0.2) is 18.3 Å². The molecule has 0 unspecified atom stereocenters. The van der Waals surface area contributed by atoms with E-state index < -0.39 is 23.1 Å². The van der Waals surface area contributed by atoms with Crippen LogP contribution in [0, 0.1) is 24.4 Å². The van der Waals surface area contributed by atoms with Gasteiger partial charge in [0.2, 0.25) is 5.95 Å². The van der Waals surface area contributed by atoms with Gasteiger partial charge in [0, 0.05) is 23.9 Å². The van der Waals surface area contributed by atoms with E-state index in [1.165, 1.54) is 6.20 Å². The summed E-state index contributed by atoms with van der Waals surface area (Å²) < 4.78 is 39.8. The number of aromatic nitrogens is 2. The maximum atomic E-state index is 13.5. The Morgan fingerprint density at radius 2 is 1.79 bits per heavy atom. The molecule has 0 saturated carbocycles. The number of nitrogens with two attached hydrogens (primary N) is 1. The van der Waals surface area contributed by atoms with Gasteiger partial charge in [0.05, 0.1) is 0 Å². The van der Waals surface area contributed by atoms with Crippen LogP contribution in [-0.4, -0.2) is 9.97 Å². The van der Waals surface area contributed by atoms with Crippen molar-refractivity contribution in [1.82, 2.24) is 9.97 Å². The molecule has 0 aliphatic rings. The largest absolute Gasteiger partial charge is 0.335 e. The smallest absolute Gasteiger partial charge is 0.239 e. The van der Waals surface area contributed by atoms with Crippen LogP contribution in [0.3, 0.4) is 0 Å². The molecule has 0 aliphatic carbocycles. The average molecular weight is 269 g/mol. The van der Waals surface area contributed by atoms with Crippen molar-refractivity contribution in [2.24, 2.45) is 5.84 Å². The topological polar surface area (TPSA) is 75.9 Å². The molecule has 0 amide bonds. The Kier molecular flexibility index (Phi) is 3.52. The van der Waals surface area contributed by atoms with Crippen LogP contribution in [-0.2, 0) is 0 Å². The second-order valence-electron chi connectivity index (χ2n) is 3.74. The van der Waals surface area contributed by atoms with Crippen LogP contribution < -0.4 is 16.6 Å². The lowest BCUT2D eigenvalue weighted by Gasteiger charge is -2.11. The van der Waals surface area contributed by atoms with E-state index in [0.29, 0.717) is 17.7 Å². The number of halogens is 3. The normalized spacial score (nSPS) is 10.4. The van der Waals surface area contributed by atoms with E-state index in [0.717, 1.165) is 0 Å². The molecule has 5 nitrogen and oxygen atoms in total. The summed E-state index contributed by atoms with van der Waals surface area (Å²) in [7, 11) is 0. The molecular weight excluding hydrogens is 259 g/mol. The highest BCUT2D eigenvalue weighted by molar-refractivity contribution is 5.61. The van der Waals surface area contributed by atoms with E-state index in [1.54, 1.807) is 6.92 Å². The van der Waals surface area contributed by atoms with E-state index in [-0.39, 0.29) is 11.8 Å². The molecule has 4 N–H and O–H groups in total. The zero-order valence-corrected chi connectivity index (χ0v) is 9.84. The first-order chi connectivity index (χ1) is 9.01. The van der Waals surface area contributed by atoms with Crippen LogP contribution in [0.5, 0.6) is 0 Å². The SMILES string of the molecule is Cc1cnc(NN)nc1Nc1c(F)cc(F)cc1F. The minimum absolute atomic E-state index is 0.0797. The molecule has 19 heavy (non-hydrogen) atoms. The van der Waals surface area contributed by atoms with Gasteiger partial charge in [-0.05, 0) is 6.92 Å². The fraction of sp³-hybridized carbons (Fsp3) is 0.0909. The Morgan fingerprint density at radius 3 is 2.37 bits per heavy atom. The number of nitrogens with zero attached hydrogens (tertiary/aromatic N) is 2. The van der Waals surface area contributed by atoms with Crippen LogP contribution >= 0.6 is 0 Å². The van der Waals surface area contributed by atoms with Gasteiger partial charge in [0.15, 0.2) is 11.6 Å². The maximum absolute atomic E-state index is 13.5. The van der Waals surface area contributed by atoms with Crippen molar-refractivity contribution in [3.63, 3.8) is 0 Å². The summed E-state index contributed by atoms with van der Waals surface area (Å²) >= 11 is 0. The van der Waals surface area contributed by atoms with E-state index in [1.807, 2.05) is 0 Å². The van der Waals surface area contributed by atoms with Crippen LogP contribution in [0.2, 0.25) is 0 Å². The summed E-state index contributed by atoms with van der Waals surface area (Å²) in [6.45, 7) is 1.64. The van der Waals surface area contributed by atoms with Crippen molar-refractivity contribution in [2.45, 2.75) is 6.92 Å². The molecular formula is C11H10F3N5. The molecule has 1 aromatic carbocycles. The monoisotopic (exact) mass is 269 g/mol. The summed E-state index contributed by atoms with van der Waals surface area (Å²) in [6, 6.07) is 1.15. The van der Waals surface area contributed by atoms with Crippen molar-refractivity contribution >= 4 is 17.5 Å². The van der Waals surface area contributed by atoms with Gasteiger partial charge >= 0.3 is 0 Å². The molecule has 1 aromatic heterocycles. The molecule has 100 valence electrons. The van der Waals surface area contributed by atoms with Crippen LogP contribution in [0.1, 0.15) is 5.56 Å².